The predicted octanol–water partition coefficient (Wildman–Crippen LogP) is 2.29. The van der Waals surface area contributed by atoms with Crippen molar-refractivity contribution in [2.45, 2.75) is 25.8 Å². The van der Waals surface area contributed by atoms with Crippen LogP contribution in [0.1, 0.15) is 31.4 Å². The summed E-state index contributed by atoms with van der Waals surface area (Å²) in [5, 5.41) is 8.48. The molecule has 0 heterocycles. The normalized spacial score (nSPS) is 13.2. The molecule has 0 amide bonds. The maximum Gasteiger partial charge on any atom is 0.303 e. The molecule has 0 aliphatic heterocycles. The molecule has 2 N–H and O–H groups in total. The fraction of sp³-hybridized carbons (Fsp3) is 0.417. The number of hydrogen-bond acceptors (Lipinski definition) is 3. The molecular weight excluding hydrogens is 334 g/mol. The summed E-state index contributed by atoms with van der Waals surface area (Å²) in [4.78, 5) is 10.3. The lowest BCUT2D eigenvalue weighted by atomic mass is 10.1. The van der Waals surface area contributed by atoms with Gasteiger partial charge in [-0.25, -0.2) is 13.1 Å². The van der Waals surface area contributed by atoms with E-state index in [1.807, 2.05) is 24.3 Å². The van der Waals surface area contributed by atoms with Crippen LogP contribution < -0.4 is 4.72 Å². The Kier molecular flexibility index (Phi) is 5.96. The summed E-state index contributed by atoms with van der Waals surface area (Å²) in [5.74, 6) is -1.17. The summed E-state index contributed by atoms with van der Waals surface area (Å²) in [7, 11) is -3.46. The minimum Gasteiger partial charge on any atom is -0.481 e. The third-order valence-corrected chi connectivity index (χ3v) is 4.60. The van der Waals surface area contributed by atoms with E-state index in [0.717, 1.165) is 10.0 Å². The third kappa shape index (κ3) is 6.17. The molecule has 0 unspecified atom stereocenters. The third-order valence-electron chi connectivity index (χ3n) is 2.53. The molecule has 0 spiro atoms. The second-order valence-electron chi connectivity index (χ2n) is 4.21. The molecule has 0 fully saturated rings. The van der Waals surface area contributed by atoms with Crippen molar-refractivity contribution in [3.63, 3.8) is 0 Å². The molecule has 1 rings (SSSR count). The van der Waals surface area contributed by atoms with Gasteiger partial charge in [0.25, 0.3) is 0 Å². The van der Waals surface area contributed by atoms with E-state index in [1.54, 1.807) is 6.92 Å². The van der Waals surface area contributed by atoms with Gasteiger partial charge in [0, 0.05) is 16.9 Å². The molecule has 1 aromatic carbocycles. The first-order chi connectivity index (χ1) is 8.80. The zero-order valence-corrected chi connectivity index (χ0v) is 12.9. The van der Waals surface area contributed by atoms with Gasteiger partial charge in [0.1, 0.15) is 0 Å². The first kappa shape index (κ1) is 16.1. The SMILES string of the molecule is C[C@H](NS(=O)(=O)CCCC(=O)O)c1ccc(Br)cc1. The number of halogens is 1. The van der Waals surface area contributed by atoms with Crippen molar-refractivity contribution in [1.82, 2.24) is 4.72 Å². The highest BCUT2D eigenvalue weighted by Gasteiger charge is 2.16. The van der Waals surface area contributed by atoms with E-state index < -0.39 is 16.0 Å². The van der Waals surface area contributed by atoms with Gasteiger partial charge in [-0.1, -0.05) is 28.1 Å². The van der Waals surface area contributed by atoms with Crippen molar-refractivity contribution >= 4 is 31.9 Å². The van der Waals surface area contributed by atoms with Crippen LogP contribution in [0.2, 0.25) is 0 Å². The molecular formula is C12H16BrNO4S. The predicted molar refractivity (Wildman–Crippen MR) is 76.3 cm³/mol. The topological polar surface area (TPSA) is 83.5 Å². The number of sulfonamides is 1. The molecule has 7 heteroatoms. The van der Waals surface area contributed by atoms with E-state index in [2.05, 4.69) is 20.7 Å². The van der Waals surface area contributed by atoms with Crippen molar-refractivity contribution in [2.75, 3.05) is 5.75 Å². The number of benzene rings is 1. The minimum absolute atomic E-state index is 0.109. The Balaban J connectivity index is 2.57. The Bertz CT molecular complexity index is 527. The van der Waals surface area contributed by atoms with E-state index in [0.29, 0.717) is 0 Å². The number of carboxylic acids is 1. The van der Waals surface area contributed by atoms with Crippen LogP contribution in [-0.4, -0.2) is 25.2 Å². The quantitative estimate of drug-likeness (QED) is 0.790. The van der Waals surface area contributed by atoms with Crippen LogP contribution in [0, 0.1) is 0 Å². The molecule has 0 saturated carbocycles. The van der Waals surface area contributed by atoms with Crippen LogP contribution in [0.15, 0.2) is 28.7 Å². The van der Waals surface area contributed by atoms with Crippen LogP contribution >= 0.6 is 15.9 Å². The van der Waals surface area contributed by atoms with Crippen LogP contribution in [0.4, 0.5) is 0 Å². The van der Waals surface area contributed by atoms with Crippen LogP contribution in [0.25, 0.3) is 0 Å². The van der Waals surface area contributed by atoms with Crippen LogP contribution in [0.5, 0.6) is 0 Å². The average molecular weight is 350 g/mol. The maximum atomic E-state index is 11.7. The Morgan fingerprint density at radius 2 is 1.95 bits per heavy atom. The standard InChI is InChI=1S/C12H16BrNO4S/c1-9(10-4-6-11(13)7-5-10)14-19(17,18)8-2-3-12(15)16/h4-7,9,14H,2-3,8H2,1H3,(H,15,16)/t9-/m0/s1. The van der Waals surface area contributed by atoms with Crippen molar-refractivity contribution in [3.05, 3.63) is 34.3 Å². The summed E-state index contributed by atoms with van der Waals surface area (Å²) in [5.41, 5.74) is 0.852. The molecule has 1 aromatic rings. The molecule has 1 atom stereocenters. The van der Waals surface area contributed by atoms with E-state index >= 15 is 0 Å². The summed E-state index contributed by atoms with van der Waals surface area (Å²) >= 11 is 3.31. The lowest BCUT2D eigenvalue weighted by Gasteiger charge is -2.14. The summed E-state index contributed by atoms with van der Waals surface area (Å²) in [6.45, 7) is 1.75. The van der Waals surface area contributed by atoms with Crippen molar-refractivity contribution in [1.29, 1.82) is 0 Å². The Morgan fingerprint density at radius 3 is 2.47 bits per heavy atom. The van der Waals surface area contributed by atoms with E-state index in [9.17, 15) is 13.2 Å². The van der Waals surface area contributed by atoms with Gasteiger partial charge in [-0.05, 0) is 31.0 Å². The van der Waals surface area contributed by atoms with Crippen molar-refractivity contribution in [3.8, 4) is 0 Å². The highest BCUT2D eigenvalue weighted by atomic mass is 79.9. The first-order valence-corrected chi connectivity index (χ1v) is 8.22. The number of carbonyl (C=O) groups is 1. The smallest absolute Gasteiger partial charge is 0.303 e. The Labute approximate surface area is 121 Å². The number of rotatable bonds is 7. The van der Waals surface area contributed by atoms with Gasteiger partial charge in [-0.15, -0.1) is 0 Å². The van der Waals surface area contributed by atoms with E-state index in [1.165, 1.54) is 0 Å². The number of carboxylic acid groups (broad SMARTS) is 1. The monoisotopic (exact) mass is 349 g/mol. The number of nitrogens with one attached hydrogen (secondary N) is 1. The lowest BCUT2D eigenvalue weighted by Crippen LogP contribution is -2.29. The summed E-state index contributed by atoms with van der Waals surface area (Å²) < 4.78 is 27.0. The Morgan fingerprint density at radius 1 is 1.37 bits per heavy atom. The average Bonchev–Trinajstić information content (AvgIpc) is 2.28. The maximum absolute atomic E-state index is 11.7. The fourth-order valence-electron chi connectivity index (χ4n) is 1.56. The highest BCUT2D eigenvalue weighted by molar-refractivity contribution is 9.10. The van der Waals surface area contributed by atoms with Gasteiger partial charge in [0.2, 0.25) is 10.0 Å². The molecule has 5 nitrogen and oxygen atoms in total. The summed E-state index contributed by atoms with van der Waals surface area (Å²) in [6.07, 6.45) is -0.0364. The lowest BCUT2D eigenvalue weighted by molar-refractivity contribution is -0.137. The van der Waals surface area contributed by atoms with Crippen LogP contribution in [-0.2, 0) is 14.8 Å². The molecule has 0 aromatic heterocycles. The molecule has 0 aliphatic carbocycles. The highest BCUT2D eigenvalue weighted by Crippen LogP contribution is 2.17. The molecule has 0 aliphatic rings. The second kappa shape index (κ2) is 7.02. The molecule has 19 heavy (non-hydrogen) atoms. The zero-order valence-electron chi connectivity index (χ0n) is 10.5. The van der Waals surface area contributed by atoms with E-state index in [-0.39, 0.29) is 24.6 Å². The zero-order chi connectivity index (χ0) is 14.5. The van der Waals surface area contributed by atoms with Gasteiger partial charge >= 0.3 is 5.97 Å². The number of hydrogen-bond donors (Lipinski definition) is 2. The first-order valence-electron chi connectivity index (χ1n) is 5.77. The van der Waals surface area contributed by atoms with E-state index in [4.69, 9.17) is 5.11 Å². The van der Waals surface area contributed by atoms with Gasteiger partial charge < -0.3 is 5.11 Å². The molecule has 0 bridgehead atoms. The molecule has 106 valence electrons. The molecule has 0 radical (unpaired) electrons. The van der Waals surface area contributed by atoms with Crippen molar-refractivity contribution in [2.24, 2.45) is 0 Å². The van der Waals surface area contributed by atoms with Crippen molar-refractivity contribution < 1.29 is 18.3 Å². The largest absolute Gasteiger partial charge is 0.481 e. The second-order valence-corrected chi connectivity index (χ2v) is 7.00. The molecule has 0 saturated heterocycles. The van der Waals surface area contributed by atoms with Crippen LogP contribution in [0.3, 0.4) is 0 Å². The van der Waals surface area contributed by atoms with Gasteiger partial charge in [0.15, 0.2) is 0 Å². The number of aliphatic carboxylic acids is 1. The summed E-state index contributed by atoms with van der Waals surface area (Å²) in [6, 6.07) is 6.99. The van der Waals surface area contributed by atoms with Gasteiger partial charge in [-0.2, -0.15) is 0 Å². The minimum atomic E-state index is -3.46. The Hall–Kier alpha value is -0.920. The van der Waals surface area contributed by atoms with Gasteiger partial charge in [-0.3, -0.25) is 4.79 Å². The van der Waals surface area contributed by atoms with Gasteiger partial charge in [0.05, 0.1) is 5.75 Å². The fourth-order valence-corrected chi connectivity index (χ4v) is 3.14.